The highest BCUT2D eigenvalue weighted by Gasteiger charge is 2.27. The monoisotopic (exact) mass is 260 g/mol. The number of esters is 3. The van der Waals surface area contributed by atoms with Gasteiger partial charge in [0.15, 0.2) is 13.2 Å². The molecule has 0 saturated heterocycles. The van der Waals surface area contributed by atoms with E-state index in [1.807, 2.05) is 6.92 Å². The number of carbonyl (C=O) groups excluding carboxylic acids is 3. The molecule has 0 bridgehead atoms. The Morgan fingerprint density at radius 2 is 1.39 bits per heavy atom. The van der Waals surface area contributed by atoms with Crippen LogP contribution in [0.1, 0.15) is 34.1 Å². The normalized spacial score (nSPS) is 10.7. The van der Waals surface area contributed by atoms with Gasteiger partial charge in [0, 0.05) is 0 Å². The van der Waals surface area contributed by atoms with Crippen molar-refractivity contribution < 1.29 is 28.6 Å². The smallest absolute Gasteiger partial charge is 0.344 e. The van der Waals surface area contributed by atoms with Crippen LogP contribution in [-0.2, 0) is 28.6 Å². The summed E-state index contributed by atoms with van der Waals surface area (Å²) >= 11 is 0. The van der Waals surface area contributed by atoms with Gasteiger partial charge in [0.2, 0.25) is 0 Å². The molecule has 0 saturated carbocycles. The first-order valence-electron chi connectivity index (χ1n) is 5.82. The van der Waals surface area contributed by atoms with Crippen LogP contribution in [0.4, 0.5) is 0 Å². The molecule has 104 valence electrons. The molecule has 0 aliphatic carbocycles. The molecule has 0 N–H and O–H groups in total. The van der Waals surface area contributed by atoms with Crippen LogP contribution in [-0.4, -0.2) is 37.7 Å². The molecule has 6 nitrogen and oxygen atoms in total. The van der Waals surface area contributed by atoms with Crippen LogP contribution in [0.25, 0.3) is 0 Å². The second-order valence-electron chi connectivity index (χ2n) is 4.28. The molecule has 0 aromatic carbocycles. The van der Waals surface area contributed by atoms with E-state index in [4.69, 9.17) is 4.74 Å². The van der Waals surface area contributed by atoms with Gasteiger partial charge in [0.05, 0.1) is 12.0 Å². The van der Waals surface area contributed by atoms with E-state index in [0.29, 0.717) is 6.42 Å². The first kappa shape index (κ1) is 16.4. The summed E-state index contributed by atoms with van der Waals surface area (Å²) < 4.78 is 13.9. The van der Waals surface area contributed by atoms with Crippen LogP contribution in [0.2, 0.25) is 0 Å². The summed E-state index contributed by atoms with van der Waals surface area (Å²) in [4.78, 5) is 33.6. The van der Waals surface area contributed by atoms with Crippen molar-refractivity contribution in [2.75, 3.05) is 19.8 Å². The van der Waals surface area contributed by atoms with Crippen molar-refractivity contribution in [1.82, 2.24) is 0 Å². The van der Waals surface area contributed by atoms with Crippen molar-refractivity contribution >= 4 is 17.9 Å². The Morgan fingerprint density at radius 1 is 0.889 bits per heavy atom. The van der Waals surface area contributed by atoms with Crippen LogP contribution >= 0.6 is 0 Å². The predicted octanol–water partition coefficient (Wildman–Crippen LogP) is 1.07. The van der Waals surface area contributed by atoms with Gasteiger partial charge in [-0.15, -0.1) is 0 Å². The fourth-order valence-electron chi connectivity index (χ4n) is 0.848. The Kier molecular flexibility index (Phi) is 7.00. The van der Waals surface area contributed by atoms with Gasteiger partial charge in [-0.25, -0.2) is 9.59 Å². The number of rotatable bonds is 7. The predicted molar refractivity (Wildman–Crippen MR) is 62.6 cm³/mol. The highest BCUT2D eigenvalue weighted by molar-refractivity contribution is 5.81. The Morgan fingerprint density at radius 3 is 1.89 bits per heavy atom. The molecule has 0 aromatic rings. The van der Waals surface area contributed by atoms with Crippen molar-refractivity contribution in [3.8, 4) is 0 Å². The average Bonchev–Trinajstić information content (AvgIpc) is 2.33. The minimum Gasteiger partial charge on any atom is -0.463 e. The van der Waals surface area contributed by atoms with Crippen LogP contribution in [0, 0.1) is 5.41 Å². The van der Waals surface area contributed by atoms with E-state index in [0.717, 1.165) is 0 Å². The second-order valence-corrected chi connectivity index (χ2v) is 4.28. The first-order chi connectivity index (χ1) is 8.33. The van der Waals surface area contributed by atoms with Crippen LogP contribution in [0.3, 0.4) is 0 Å². The van der Waals surface area contributed by atoms with E-state index >= 15 is 0 Å². The van der Waals surface area contributed by atoms with Gasteiger partial charge in [-0.1, -0.05) is 6.92 Å². The van der Waals surface area contributed by atoms with E-state index in [1.54, 1.807) is 20.8 Å². The van der Waals surface area contributed by atoms with Gasteiger partial charge in [-0.3, -0.25) is 4.79 Å². The lowest BCUT2D eigenvalue weighted by molar-refractivity contribution is -0.168. The van der Waals surface area contributed by atoms with E-state index in [2.05, 4.69) is 9.47 Å². The zero-order valence-electron chi connectivity index (χ0n) is 11.3. The third-order valence-corrected chi connectivity index (χ3v) is 2.41. The molecule has 0 aliphatic rings. The lowest BCUT2D eigenvalue weighted by atomic mass is 9.91. The summed E-state index contributed by atoms with van der Waals surface area (Å²) in [5.74, 6) is -1.88. The number of hydrogen-bond donors (Lipinski definition) is 0. The maximum absolute atomic E-state index is 11.5. The Hall–Kier alpha value is -1.59. The Bertz CT molecular complexity index is 308. The molecule has 0 fully saturated rings. The van der Waals surface area contributed by atoms with Gasteiger partial charge < -0.3 is 14.2 Å². The van der Waals surface area contributed by atoms with Gasteiger partial charge in [0.1, 0.15) is 0 Å². The topological polar surface area (TPSA) is 78.9 Å². The van der Waals surface area contributed by atoms with Crippen molar-refractivity contribution in [2.45, 2.75) is 34.1 Å². The third-order valence-electron chi connectivity index (χ3n) is 2.41. The summed E-state index contributed by atoms with van der Waals surface area (Å²) in [6.45, 7) is 6.19. The van der Waals surface area contributed by atoms with Gasteiger partial charge in [0.25, 0.3) is 0 Å². The molecule has 0 unspecified atom stereocenters. The molecule has 0 aliphatic heterocycles. The summed E-state index contributed by atoms with van der Waals surface area (Å²) in [6.07, 6.45) is 0.601. The van der Waals surface area contributed by atoms with Crippen LogP contribution in [0.15, 0.2) is 0 Å². The lowest BCUT2D eigenvalue weighted by Gasteiger charge is -2.19. The average molecular weight is 260 g/mol. The van der Waals surface area contributed by atoms with Gasteiger partial charge >= 0.3 is 17.9 Å². The summed E-state index contributed by atoms with van der Waals surface area (Å²) in [7, 11) is 0. The van der Waals surface area contributed by atoms with E-state index < -0.39 is 36.5 Å². The van der Waals surface area contributed by atoms with E-state index in [1.165, 1.54) is 0 Å². The molecule has 6 heteroatoms. The maximum Gasteiger partial charge on any atom is 0.344 e. The SMILES string of the molecule is CCOC(=O)COC(=O)COC(=O)C(C)(C)CC. The molecule has 18 heavy (non-hydrogen) atoms. The Labute approximate surface area is 107 Å². The van der Waals surface area contributed by atoms with Crippen molar-refractivity contribution in [2.24, 2.45) is 5.41 Å². The maximum atomic E-state index is 11.5. The molecule has 0 radical (unpaired) electrons. The minimum atomic E-state index is -0.775. The largest absolute Gasteiger partial charge is 0.463 e. The van der Waals surface area contributed by atoms with E-state index in [9.17, 15) is 14.4 Å². The van der Waals surface area contributed by atoms with Crippen LogP contribution < -0.4 is 0 Å². The molecule has 0 amide bonds. The molecule has 0 spiro atoms. The molecular formula is C12H20O6. The third kappa shape index (κ3) is 6.22. The summed E-state index contributed by atoms with van der Waals surface area (Å²) in [5, 5.41) is 0. The zero-order valence-corrected chi connectivity index (χ0v) is 11.3. The summed E-state index contributed by atoms with van der Waals surface area (Å²) in [5.41, 5.74) is -0.637. The highest BCUT2D eigenvalue weighted by atomic mass is 16.6. The number of carbonyl (C=O) groups is 3. The van der Waals surface area contributed by atoms with Crippen molar-refractivity contribution in [3.63, 3.8) is 0 Å². The first-order valence-corrected chi connectivity index (χ1v) is 5.82. The van der Waals surface area contributed by atoms with Gasteiger partial charge in [-0.05, 0) is 27.2 Å². The van der Waals surface area contributed by atoms with Crippen molar-refractivity contribution in [3.05, 3.63) is 0 Å². The van der Waals surface area contributed by atoms with E-state index in [-0.39, 0.29) is 6.61 Å². The molecule has 0 atom stereocenters. The van der Waals surface area contributed by atoms with Crippen LogP contribution in [0.5, 0.6) is 0 Å². The molecule has 0 rings (SSSR count). The second kappa shape index (κ2) is 7.68. The fourth-order valence-corrected chi connectivity index (χ4v) is 0.848. The number of hydrogen-bond acceptors (Lipinski definition) is 6. The molecule has 0 heterocycles. The zero-order chi connectivity index (χ0) is 14.2. The minimum absolute atomic E-state index is 0.218. The fraction of sp³-hybridized carbons (Fsp3) is 0.750. The molecular weight excluding hydrogens is 240 g/mol. The Balaban J connectivity index is 3.91. The number of ether oxygens (including phenoxy) is 3. The summed E-state index contributed by atoms with van der Waals surface area (Å²) in [6, 6.07) is 0. The highest BCUT2D eigenvalue weighted by Crippen LogP contribution is 2.21. The van der Waals surface area contributed by atoms with Gasteiger partial charge in [-0.2, -0.15) is 0 Å². The molecule has 0 aromatic heterocycles. The van der Waals surface area contributed by atoms with Crippen molar-refractivity contribution in [1.29, 1.82) is 0 Å². The lowest BCUT2D eigenvalue weighted by Crippen LogP contribution is -2.29. The quantitative estimate of drug-likeness (QED) is 0.503. The standard InChI is InChI=1S/C12H20O6/c1-5-12(3,4)11(15)18-8-10(14)17-7-9(13)16-6-2/h5-8H2,1-4H3.